The van der Waals surface area contributed by atoms with Crippen molar-refractivity contribution in [3.63, 3.8) is 0 Å². The molecule has 6 nitrogen and oxygen atoms in total. The number of hydrogen-bond donors (Lipinski definition) is 1. The zero-order valence-corrected chi connectivity index (χ0v) is 16.5. The second kappa shape index (κ2) is 8.80. The highest BCUT2D eigenvalue weighted by Gasteiger charge is 2.18. The fourth-order valence-corrected chi connectivity index (χ4v) is 3.85. The van der Waals surface area contributed by atoms with Crippen LogP contribution in [0.3, 0.4) is 0 Å². The first kappa shape index (κ1) is 19.0. The van der Waals surface area contributed by atoms with Crippen LogP contribution in [-0.4, -0.2) is 55.0 Å². The number of likely N-dealkylation sites (tertiary alicyclic amines) is 2. The molecule has 1 aromatic carbocycles. The van der Waals surface area contributed by atoms with Gasteiger partial charge < -0.3 is 19.4 Å². The Morgan fingerprint density at radius 2 is 1.79 bits per heavy atom. The number of ether oxygens (including phenoxy) is 1. The van der Waals surface area contributed by atoms with E-state index in [1.165, 1.54) is 12.8 Å². The van der Waals surface area contributed by atoms with E-state index in [0.29, 0.717) is 5.76 Å². The molecule has 2 aromatic rings. The number of nitrogens with zero attached hydrogens (tertiary/aromatic N) is 2. The van der Waals surface area contributed by atoms with Gasteiger partial charge in [0.15, 0.2) is 5.76 Å². The predicted octanol–water partition coefficient (Wildman–Crippen LogP) is 3.60. The zero-order valence-electron chi connectivity index (χ0n) is 16.5. The van der Waals surface area contributed by atoms with Crippen LogP contribution in [0.2, 0.25) is 0 Å². The summed E-state index contributed by atoms with van der Waals surface area (Å²) in [5, 5.41) is 2.89. The fraction of sp³-hybridized carbons (Fsp3) is 0.500. The molecule has 0 bridgehead atoms. The van der Waals surface area contributed by atoms with Gasteiger partial charge in [-0.1, -0.05) is 0 Å². The van der Waals surface area contributed by atoms with Gasteiger partial charge in [0.1, 0.15) is 17.6 Å². The van der Waals surface area contributed by atoms with Gasteiger partial charge in [0, 0.05) is 18.8 Å². The summed E-state index contributed by atoms with van der Waals surface area (Å²) in [6.45, 7) is 5.13. The van der Waals surface area contributed by atoms with Gasteiger partial charge in [-0.15, -0.1) is 0 Å². The Kier molecular flexibility index (Phi) is 5.98. The maximum Gasteiger partial charge on any atom is 0.291 e. The Hall–Kier alpha value is -2.31. The number of furan rings is 1. The van der Waals surface area contributed by atoms with Gasteiger partial charge in [-0.05, 0) is 82.2 Å². The van der Waals surface area contributed by atoms with Gasteiger partial charge in [0.2, 0.25) is 0 Å². The molecule has 2 aliphatic heterocycles. The highest BCUT2D eigenvalue weighted by molar-refractivity contribution is 6.02. The molecule has 0 spiro atoms. The van der Waals surface area contributed by atoms with Crippen molar-refractivity contribution >= 4 is 11.6 Å². The van der Waals surface area contributed by atoms with Crippen molar-refractivity contribution in [2.75, 3.05) is 38.5 Å². The van der Waals surface area contributed by atoms with Crippen LogP contribution < -0.4 is 10.1 Å². The number of hydrogen-bond acceptors (Lipinski definition) is 5. The van der Waals surface area contributed by atoms with Crippen LogP contribution in [0.1, 0.15) is 42.0 Å². The lowest BCUT2D eigenvalue weighted by molar-refractivity contribution is 0.0993. The monoisotopic (exact) mass is 383 g/mol. The Balaban J connectivity index is 1.29. The summed E-state index contributed by atoms with van der Waals surface area (Å²) >= 11 is 0. The minimum Gasteiger partial charge on any atom is -0.490 e. The summed E-state index contributed by atoms with van der Waals surface area (Å²) < 4.78 is 11.8. The third-order valence-corrected chi connectivity index (χ3v) is 5.54. The van der Waals surface area contributed by atoms with Gasteiger partial charge in [-0.25, -0.2) is 0 Å². The van der Waals surface area contributed by atoms with Gasteiger partial charge in [0.05, 0.1) is 6.54 Å². The molecule has 1 N–H and O–H groups in total. The largest absolute Gasteiger partial charge is 0.490 e. The molecular formula is C22H29N3O3. The van der Waals surface area contributed by atoms with Crippen LogP contribution in [0, 0.1) is 0 Å². The highest BCUT2D eigenvalue weighted by atomic mass is 16.5. The summed E-state index contributed by atoms with van der Waals surface area (Å²) in [6.07, 6.45) is 4.85. The lowest BCUT2D eigenvalue weighted by atomic mass is 10.1. The summed E-state index contributed by atoms with van der Waals surface area (Å²) in [5.74, 6) is 1.81. The standard InChI is InChI=1S/C22H29N3O3/c1-24-14-10-19(11-15-24)27-18-6-4-17(5-7-18)23-22(26)21-9-8-20(28-21)16-25-12-2-3-13-25/h4-9,19H,2-3,10-16H2,1H3,(H,23,26). The van der Waals surface area contributed by atoms with E-state index in [9.17, 15) is 4.79 Å². The molecule has 0 unspecified atom stereocenters. The second-order valence-corrected chi connectivity index (χ2v) is 7.85. The number of anilines is 1. The number of benzene rings is 1. The van der Waals surface area contributed by atoms with E-state index in [-0.39, 0.29) is 12.0 Å². The van der Waals surface area contributed by atoms with Crippen molar-refractivity contribution in [3.8, 4) is 5.75 Å². The minimum atomic E-state index is -0.225. The Morgan fingerprint density at radius 3 is 2.50 bits per heavy atom. The maximum absolute atomic E-state index is 12.4. The number of nitrogens with one attached hydrogen (secondary N) is 1. The van der Waals surface area contributed by atoms with Gasteiger partial charge in [-0.3, -0.25) is 9.69 Å². The van der Waals surface area contributed by atoms with Crippen LogP contribution >= 0.6 is 0 Å². The summed E-state index contributed by atoms with van der Waals surface area (Å²) in [6, 6.07) is 11.2. The first-order valence-corrected chi connectivity index (χ1v) is 10.2. The van der Waals surface area contributed by atoms with Crippen molar-refractivity contribution in [2.24, 2.45) is 0 Å². The molecule has 0 radical (unpaired) electrons. The quantitative estimate of drug-likeness (QED) is 0.826. The molecule has 28 heavy (non-hydrogen) atoms. The van der Waals surface area contributed by atoms with Crippen molar-refractivity contribution in [1.82, 2.24) is 9.80 Å². The second-order valence-electron chi connectivity index (χ2n) is 7.85. The van der Waals surface area contributed by atoms with E-state index >= 15 is 0 Å². The summed E-state index contributed by atoms with van der Waals surface area (Å²) in [5.41, 5.74) is 0.734. The number of piperidine rings is 1. The Labute approximate surface area is 166 Å². The molecule has 0 atom stereocenters. The summed E-state index contributed by atoms with van der Waals surface area (Å²) in [7, 11) is 2.14. The predicted molar refractivity (Wildman–Crippen MR) is 109 cm³/mol. The molecule has 0 aliphatic carbocycles. The topological polar surface area (TPSA) is 58.0 Å². The third kappa shape index (κ3) is 4.94. The van der Waals surface area contributed by atoms with Crippen LogP contribution in [-0.2, 0) is 6.54 Å². The maximum atomic E-state index is 12.4. The fourth-order valence-electron chi connectivity index (χ4n) is 3.85. The van der Waals surface area contributed by atoms with Gasteiger partial charge in [0.25, 0.3) is 5.91 Å². The van der Waals surface area contributed by atoms with Crippen LogP contribution in [0.25, 0.3) is 0 Å². The molecular weight excluding hydrogens is 354 g/mol. The molecule has 0 saturated carbocycles. The van der Waals surface area contributed by atoms with E-state index in [4.69, 9.17) is 9.15 Å². The van der Waals surface area contributed by atoms with Crippen molar-refractivity contribution in [1.29, 1.82) is 0 Å². The first-order valence-electron chi connectivity index (χ1n) is 10.2. The number of carbonyl (C=O) groups excluding carboxylic acids is 1. The number of amides is 1. The van der Waals surface area contributed by atoms with Gasteiger partial charge in [-0.2, -0.15) is 0 Å². The first-order chi connectivity index (χ1) is 13.7. The molecule has 2 saturated heterocycles. The number of carbonyl (C=O) groups is 1. The van der Waals surface area contributed by atoms with Crippen LogP contribution in [0.15, 0.2) is 40.8 Å². The zero-order chi connectivity index (χ0) is 19.3. The molecule has 6 heteroatoms. The van der Waals surface area contributed by atoms with Gasteiger partial charge >= 0.3 is 0 Å². The number of rotatable bonds is 6. The van der Waals surface area contributed by atoms with E-state index in [1.54, 1.807) is 6.07 Å². The van der Waals surface area contributed by atoms with Crippen LogP contribution in [0.4, 0.5) is 5.69 Å². The molecule has 1 aromatic heterocycles. The van der Waals surface area contributed by atoms with Crippen molar-refractivity contribution in [2.45, 2.75) is 38.3 Å². The molecule has 2 fully saturated rings. The molecule has 2 aliphatic rings. The van der Waals surface area contributed by atoms with E-state index in [0.717, 1.165) is 62.8 Å². The molecule has 3 heterocycles. The molecule has 4 rings (SSSR count). The van der Waals surface area contributed by atoms with E-state index in [1.807, 2.05) is 30.3 Å². The highest BCUT2D eigenvalue weighted by Crippen LogP contribution is 2.22. The molecule has 1 amide bonds. The van der Waals surface area contributed by atoms with Crippen LogP contribution in [0.5, 0.6) is 5.75 Å². The third-order valence-electron chi connectivity index (χ3n) is 5.54. The average molecular weight is 383 g/mol. The normalized spacial score (nSPS) is 19.0. The minimum absolute atomic E-state index is 0.225. The summed E-state index contributed by atoms with van der Waals surface area (Å²) in [4.78, 5) is 17.1. The SMILES string of the molecule is CN1CCC(Oc2ccc(NC(=O)c3ccc(CN4CCCC4)o3)cc2)CC1. The smallest absolute Gasteiger partial charge is 0.291 e. The van der Waals surface area contributed by atoms with Crippen molar-refractivity contribution in [3.05, 3.63) is 47.9 Å². The molecule has 150 valence electrons. The lowest BCUT2D eigenvalue weighted by Gasteiger charge is -2.29. The van der Waals surface area contributed by atoms with E-state index in [2.05, 4.69) is 22.2 Å². The average Bonchev–Trinajstić information content (AvgIpc) is 3.38. The van der Waals surface area contributed by atoms with E-state index < -0.39 is 0 Å². The van der Waals surface area contributed by atoms with Crippen molar-refractivity contribution < 1.29 is 13.9 Å². The lowest BCUT2D eigenvalue weighted by Crippen LogP contribution is -2.35. The Morgan fingerprint density at radius 1 is 1.07 bits per heavy atom. The Bertz CT molecular complexity index is 773.